The molecule has 0 aliphatic rings. The highest BCUT2D eigenvalue weighted by Gasteiger charge is 2.18. The SMILES string of the molecule is c1ccc(-c2cccc(-c3c4ccccc4c(-c4ccc5ccccc5c4)c4cc(-c5ccc6ccccc6c5)ccc34)c2)cc1. The number of benzene rings is 9. The van der Waals surface area contributed by atoms with Crippen molar-refractivity contribution in [3.8, 4) is 44.5 Å². The van der Waals surface area contributed by atoms with Gasteiger partial charge in [0.25, 0.3) is 0 Å². The Morgan fingerprint density at radius 3 is 1.35 bits per heavy atom. The van der Waals surface area contributed by atoms with E-state index in [1.807, 2.05) is 0 Å². The molecule has 0 aromatic heterocycles. The van der Waals surface area contributed by atoms with E-state index in [2.05, 4.69) is 182 Å². The molecule has 46 heavy (non-hydrogen) atoms. The summed E-state index contributed by atoms with van der Waals surface area (Å²) in [6, 6.07) is 66.7. The lowest BCUT2D eigenvalue weighted by atomic mass is 9.84. The summed E-state index contributed by atoms with van der Waals surface area (Å²) in [6.45, 7) is 0. The van der Waals surface area contributed by atoms with Crippen LogP contribution in [0.3, 0.4) is 0 Å². The van der Waals surface area contributed by atoms with Crippen molar-refractivity contribution >= 4 is 43.1 Å². The summed E-state index contributed by atoms with van der Waals surface area (Å²) < 4.78 is 0. The van der Waals surface area contributed by atoms with Crippen molar-refractivity contribution in [2.24, 2.45) is 0 Å². The molecule has 0 fully saturated rings. The second-order valence-corrected chi connectivity index (χ2v) is 12.1. The van der Waals surface area contributed by atoms with Crippen molar-refractivity contribution in [1.82, 2.24) is 0 Å². The van der Waals surface area contributed by atoms with Crippen LogP contribution in [0.25, 0.3) is 87.6 Å². The van der Waals surface area contributed by atoms with Gasteiger partial charge < -0.3 is 0 Å². The molecule has 0 nitrogen and oxygen atoms in total. The van der Waals surface area contributed by atoms with E-state index < -0.39 is 0 Å². The van der Waals surface area contributed by atoms with Crippen LogP contribution < -0.4 is 0 Å². The number of hydrogen-bond donors (Lipinski definition) is 0. The molecule has 0 bridgehead atoms. The highest BCUT2D eigenvalue weighted by atomic mass is 14.2. The van der Waals surface area contributed by atoms with Crippen LogP contribution in [0.4, 0.5) is 0 Å². The van der Waals surface area contributed by atoms with E-state index in [4.69, 9.17) is 0 Å². The van der Waals surface area contributed by atoms with Crippen LogP contribution in [0.1, 0.15) is 0 Å². The maximum atomic E-state index is 2.42. The zero-order chi connectivity index (χ0) is 30.5. The zero-order valence-electron chi connectivity index (χ0n) is 25.3. The molecule has 0 aliphatic carbocycles. The van der Waals surface area contributed by atoms with E-state index in [0.29, 0.717) is 0 Å². The minimum Gasteiger partial charge on any atom is -0.0622 e. The van der Waals surface area contributed by atoms with Gasteiger partial charge >= 0.3 is 0 Å². The molecule has 9 rings (SSSR count). The first-order valence-electron chi connectivity index (χ1n) is 15.9. The average Bonchev–Trinajstić information content (AvgIpc) is 3.13. The summed E-state index contributed by atoms with van der Waals surface area (Å²) >= 11 is 0. The molecule has 0 heteroatoms. The minimum atomic E-state index is 1.22. The van der Waals surface area contributed by atoms with Gasteiger partial charge in [0.2, 0.25) is 0 Å². The summed E-state index contributed by atoms with van der Waals surface area (Å²) in [5.41, 5.74) is 9.92. The Morgan fingerprint density at radius 2 is 0.630 bits per heavy atom. The van der Waals surface area contributed by atoms with E-state index in [1.54, 1.807) is 0 Å². The Bertz CT molecular complexity index is 2570. The smallest absolute Gasteiger partial charge is 0.00259 e. The fourth-order valence-corrected chi connectivity index (χ4v) is 7.18. The third-order valence-electron chi connectivity index (χ3n) is 9.40. The molecule has 9 aromatic carbocycles. The van der Waals surface area contributed by atoms with Gasteiger partial charge in [-0.05, 0) is 112 Å². The molecule has 0 saturated carbocycles. The quantitative estimate of drug-likeness (QED) is 0.181. The molecular weight excluding hydrogens is 553 g/mol. The van der Waals surface area contributed by atoms with Gasteiger partial charge in [-0.3, -0.25) is 0 Å². The fourth-order valence-electron chi connectivity index (χ4n) is 7.18. The second-order valence-electron chi connectivity index (χ2n) is 12.1. The van der Waals surface area contributed by atoms with Gasteiger partial charge in [0.05, 0.1) is 0 Å². The molecule has 0 amide bonds. The molecule has 0 radical (unpaired) electrons. The monoisotopic (exact) mass is 582 g/mol. The Kier molecular flexibility index (Phi) is 6.25. The van der Waals surface area contributed by atoms with Crippen LogP contribution in [0, 0.1) is 0 Å². The molecule has 0 atom stereocenters. The lowest BCUT2D eigenvalue weighted by Crippen LogP contribution is -1.92. The van der Waals surface area contributed by atoms with Crippen LogP contribution in [0.15, 0.2) is 182 Å². The molecular formula is C46H30. The van der Waals surface area contributed by atoms with E-state index in [9.17, 15) is 0 Å². The molecule has 0 aliphatic heterocycles. The minimum absolute atomic E-state index is 1.22. The molecule has 9 aromatic rings. The summed E-state index contributed by atoms with van der Waals surface area (Å²) in [5.74, 6) is 0. The van der Waals surface area contributed by atoms with Crippen molar-refractivity contribution in [3.05, 3.63) is 182 Å². The summed E-state index contributed by atoms with van der Waals surface area (Å²) in [7, 11) is 0. The van der Waals surface area contributed by atoms with Gasteiger partial charge in [-0.1, -0.05) is 158 Å². The van der Waals surface area contributed by atoms with E-state index in [0.717, 1.165) is 0 Å². The summed E-state index contributed by atoms with van der Waals surface area (Å²) in [5, 5.41) is 10.1. The summed E-state index contributed by atoms with van der Waals surface area (Å²) in [6.07, 6.45) is 0. The maximum absolute atomic E-state index is 2.42. The van der Waals surface area contributed by atoms with Gasteiger partial charge in [0.15, 0.2) is 0 Å². The molecule has 0 spiro atoms. The normalized spacial score (nSPS) is 11.5. The number of rotatable bonds is 4. The van der Waals surface area contributed by atoms with Gasteiger partial charge in [0.1, 0.15) is 0 Å². The van der Waals surface area contributed by atoms with Crippen molar-refractivity contribution in [2.45, 2.75) is 0 Å². The first-order valence-corrected chi connectivity index (χ1v) is 15.9. The van der Waals surface area contributed by atoms with Gasteiger partial charge in [0, 0.05) is 0 Å². The highest BCUT2D eigenvalue weighted by molar-refractivity contribution is 6.22. The van der Waals surface area contributed by atoms with Crippen LogP contribution >= 0.6 is 0 Å². The van der Waals surface area contributed by atoms with Crippen LogP contribution in [0.5, 0.6) is 0 Å². The Labute approximate surface area is 268 Å². The Hall–Kier alpha value is -5.98. The molecule has 0 saturated heterocycles. The topological polar surface area (TPSA) is 0 Å². The molecule has 0 unspecified atom stereocenters. The van der Waals surface area contributed by atoms with E-state index >= 15 is 0 Å². The summed E-state index contributed by atoms with van der Waals surface area (Å²) in [4.78, 5) is 0. The average molecular weight is 583 g/mol. The zero-order valence-corrected chi connectivity index (χ0v) is 25.3. The maximum Gasteiger partial charge on any atom is -0.00259 e. The van der Waals surface area contributed by atoms with E-state index in [1.165, 1.54) is 87.6 Å². The third-order valence-corrected chi connectivity index (χ3v) is 9.40. The van der Waals surface area contributed by atoms with Crippen molar-refractivity contribution in [2.75, 3.05) is 0 Å². The lowest BCUT2D eigenvalue weighted by Gasteiger charge is -2.19. The van der Waals surface area contributed by atoms with Crippen LogP contribution in [0.2, 0.25) is 0 Å². The Balaban J connectivity index is 1.37. The van der Waals surface area contributed by atoms with Crippen LogP contribution in [-0.4, -0.2) is 0 Å². The van der Waals surface area contributed by atoms with Crippen molar-refractivity contribution in [1.29, 1.82) is 0 Å². The fraction of sp³-hybridized carbons (Fsp3) is 0. The van der Waals surface area contributed by atoms with Crippen LogP contribution in [-0.2, 0) is 0 Å². The van der Waals surface area contributed by atoms with Gasteiger partial charge in [-0.2, -0.15) is 0 Å². The lowest BCUT2D eigenvalue weighted by molar-refractivity contribution is 1.61. The third kappa shape index (κ3) is 4.47. The van der Waals surface area contributed by atoms with Crippen molar-refractivity contribution in [3.63, 3.8) is 0 Å². The molecule has 214 valence electrons. The van der Waals surface area contributed by atoms with E-state index in [-0.39, 0.29) is 0 Å². The Morgan fingerprint density at radius 1 is 0.196 bits per heavy atom. The second kappa shape index (κ2) is 10.9. The highest BCUT2D eigenvalue weighted by Crippen LogP contribution is 2.46. The van der Waals surface area contributed by atoms with Gasteiger partial charge in [-0.25, -0.2) is 0 Å². The standard InChI is InChI=1S/C46H30/c1-2-11-31(12-3-1)36-17-10-18-39(28-36)45-41-19-8-9-20-42(41)46(40-24-22-33-14-5-7-16-35(33)29-40)44-30-38(25-26-43(44)45)37-23-21-32-13-4-6-15-34(32)27-37/h1-30H. The first-order chi connectivity index (χ1) is 22.8. The predicted molar refractivity (Wildman–Crippen MR) is 198 cm³/mol. The van der Waals surface area contributed by atoms with Crippen molar-refractivity contribution < 1.29 is 0 Å². The first kappa shape index (κ1) is 26.4. The molecule has 0 heterocycles. The molecule has 0 N–H and O–H groups in total. The predicted octanol–water partition coefficient (Wildman–Crippen LogP) is 13.0. The van der Waals surface area contributed by atoms with Gasteiger partial charge in [-0.15, -0.1) is 0 Å². The largest absolute Gasteiger partial charge is 0.0622 e. The number of fused-ring (bicyclic) bond motifs is 4. The number of hydrogen-bond acceptors (Lipinski definition) is 0.